The second-order valence-electron chi connectivity index (χ2n) is 7.38. The standard InChI is InChI=1S/C22H23ClN2OS2/c1-15-22(28-18-5-3-2-4-6-18)19-11-16(23)12-20-21(19)25(15)17(14-26-20)13-24-7-9-27-10-8-24/h2-6,11-12,17H,7-10,13-14H2,1H3. The molecule has 3 aromatic rings. The largest absolute Gasteiger partial charge is 0.489 e. The zero-order valence-corrected chi connectivity index (χ0v) is 18.2. The molecule has 0 aliphatic carbocycles. The van der Waals surface area contributed by atoms with Gasteiger partial charge in [-0.05, 0) is 25.1 Å². The van der Waals surface area contributed by atoms with Gasteiger partial charge in [0, 0.05) is 63.1 Å². The fraction of sp³-hybridized carbons (Fsp3) is 0.364. The van der Waals surface area contributed by atoms with Gasteiger partial charge in [0.2, 0.25) is 0 Å². The van der Waals surface area contributed by atoms with Crippen LogP contribution < -0.4 is 4.74 Å². The summed E-state index contributed by atoms with van der Waals surface area (Å²) in [6.45, 7) is 6.33. The van der Waals surface area contributed by atoms with Crippen LogP contribution in [0.4, 0.5) is 0 Å². The molecule has 1 unspecified atom stereocenters. The number of hydrogen-bond acceptors (Lipinski definition) is 4. The van der Waals surface area contributed by atoms with Gasteiger partial charge in [-0.15, -0.1) is 0 Å². The molecule has 5 rings (SSSR count). The minimum absolute atomic E-state index is 0.337. The molecular weight excluding hydrogens is 408 g/mol. The van der Waals surface area contributed by atoms with E-state index in [0.717, 1.165) is 17.3 Å². The molecule has 146 valence electrons. The van der Waals surface area contributed by atoms with Crippen LogP contribution in [-0.2, 0) is 0 Å². The van der Waals surface area contributed by atoms with Gasteiger partial charge in [0.15, 0.2) is 0 Å². The SMILES string of the molecule is Cc1c(Sc2ccccc2)c2cc(Cl)cc3c2n1C(CN1CCSCC1)CO3. The number of benzene rings is 2. The lowest BCUT2D eigenvalue weighted by molar-refractivity contribution is 0.177. The summed E-state index contributed by atoms with van der Waals surface area (Å²) in [7, 11) is 0. The Kier molecular flexibility index (Phi) is 5.26. The van der Waals surface area contributed by atoms with Crippen molar-refractivity contribution in [3.05, 3.63) is 53.2 Å². The molecule has 0 amide bonds. The summed E-state index contributed by atoms with van der Waals surface area (Å²) in [5.74, 6) is 3.38. The Balaban J connectivity index is 1.59. The van der Waals surface area contributed by atoms with E-state index in [1.54, 1.807) is 0 Å². The lowest BCUT2D eigenvalue weighted by Crippen LogP contribution is -2.40. The number of hydrogen-bond donors (Lipinski definition) is 0. The maximum atomic E-state index is 6.45. The van der Waals surface area contributed by atoms with E-state index >= 15 is 0 Å². The Hall–Kier alpha value is -1.27. The van der Waals surface area contributed by atoms with Gasteiger partial charge in [0.05, 0.1) is 11.6 Å². The Morgan fingerprint density at radius 2 is 1.96 bits per heavy atom. The van der Waals surface area contributed by atoms with Crippen molar-refractivity contribution in [3.8, 4) is 5.75 Å². The highest BCUT2D eigenvalue weighted by Crippen LogP contribution is 2.46. The minimum atomic E-state index is 0.337. The zero-order valence-electron chi connectivity index (χ0n) is 15.9. The highest BCUT2D eigenvalue weighted by Gasteiger charge is 2.30. The quantitative estimate of drug-likeness (QED) is 0.525. The molecule has 28 heavy (non-hydrogen) atoms. The molecular formula is C22H23ClN2OS2. The van der Waals surface area contributed by atoms with Crippen molar-refractivity contribution < 1.29 is 4.74 Å². The van der Waals surface area contributed by atoms with Crippen LogP contribution in [0, 0.1) is 6.92 Å². The summed E-state index contributed by atoms with van der Waals surface area (Å²) in [6.07, 6.45) is 0. The molecule has 1 fully saturated rings. The summed E-state index contributed by atoms with van der Waals surface area (Å²) in [6, 6.07) is 15.0. The van der Waals surface area contributed by atoms with Crippen molar-refractivity contribution in [3.63, 3.8) is 0 Å². The maximum absolute atomic E-state index is 6.45. The molecule has 3 heterocycles. The highest BCUT2D eigenvalue weighted by atomic mass is 35.5. The van der Waals surface area contributed by atoms with E-state index in [-0.39, 0.29) is 0 Å². The first-order valence-electron chi connectivity index (χ1n) is 9.70. The predicted molar refractivity (Wildman–Crippen MR) is 121 cm³/mol. The van der Waals surface area contributed by atoms with Crippen LogP contribution >= 0.6 is 35.1 Å². The second kappa shape index (κ2) is 7.86. The minimum Gasteiger partial charge on any atom is -0.489 e. The molecule has 0 bridgehead atoms. The topological polar surface area (TPSA) is 17.4 Å². The first kappa shape index (κ1) is 18.7. The van der Waals surface area contributed by atoms with E-state index in [2.05, 4.69) is 64.6 Å². The van der Waals surface area contributed by atoms with Crippen molar-refractivity contribution in [2.75, 3.05) is 37.7 Å². The van der Waals surface area contributed by atoms with Crippen LogP contribution in [0.3, 0.4) is 0 Å². The van der Waals surface area contributed by atoms with Gasteiger partial charge in [-0.2, -0.15) is 11.8 Å². The van der Waals surface area contributed by atoms with E-state index in [0.29, 0.717) is 12.6 Å². The lowest BCUT2D eigenvalue weighted by atomic mass is 10.2. The van der Waals surface area contributed by atoms with Gasteiger partial charge >= 0.3 is 0 Å². The molecule has 2 aliphatic rings. The molecule has 1 atom stereocenters. The fourth-order valence-electron chi connectivity index (χ4n) is 4.25. The van der Waals surface area contributed by atoms with Gasteiger partial charge in [0.25, 0.3) is 0 Å². The first-order chi connectivity index (χ1) is 13.7. The molecule has 0 saturated carbocycles. The smallest absolute Gasteiger partial charge is 0.145 e. The van der Waals surface area contributed by atoms with Gasteiger partial charge in [-0.3, -0.25) is 4.90 Å². The fourth-order valence-corrected chi connectivity index (χ4v) is 6.47. The molecule has 2 aromatic carbocycles. The zero-order chi connectivity index (χ0) is 19.1. The molecule has 2 aliphatic heterocycles. The lowest BCUT2D eigenvalue weighted by Gasteiger charge is -2.34. The maximum Gasteiger partial charge on any atom is 0.145 e. The molecule has 6 heteroatoms. The predicted octanol–water partition coefficient (Wildman–Crippen LogP) is 5.74. The molecule has 3 nitrogen and oxygen atoms in total. The number of thioether (sulfide) groups is 1. The second-order valence-corrected chi connectivity index (χ2v) is 10.1. The molecule has 0 spiro atoms. The Bertz CT molecular complexity index is 999. The number of halogens is 1. The van der Waals surface area contributed by atoms with Crippen molar-refractivity contribution >= 4 is 46.0 Å². The number of ether oxygens (including phenoxy) is 1. The monoisotopic (exact) mass is 430 g/mol. The van der Waals surface area contributed by atoms with Crippen LogP contribution in [0.5, 0.6) is 5.75 Å². The summed E-state index contributed by atoms with van der Waals surface area (Å²) in [5.41, 5.74) is 2.51. The van der Waals surface area contributed by atoms with Crippen LogP contribution in [0.15, 0.2) is 52.3 Å². The molecule has 0 N–H and O–H groups in total. The highest BCUT2D eigenvalue weighted by molar-refractivity contribution is 7.99. The third-order valence-electron chi connectivity index (χ3n) is 5.55. The normalized spacial score (nSPS) is 19.7. The molecule has 1 aromatic heterocycles. The summed E-state index contributed by atoms with van der Waals surface area (Å²) in [5, 5.41) is 1.94. The van der Waals surface area contributed by atoms with Crippen LogP contribution in [0.2, 0.25) is 5.02 Å². The first-order valence-corrected chi connectivity index (χ1v) is 12.1. The van der Waals surface area contributed by atoms with Crippen LogP contribution in [0.1, 0.15) is 11.7 Å². The summed E-state index contributed by atoms with van der Waals surface area (Å²) in [4.78, 5) is 5.12. The average molecular weight is 431 g/mol. The number of rotatable bonds is 4. The Morgan fingerprint density at radius 1 is 1.18 bits per heavy atom. The number of nitrogens with zero attached hydrogens (tertiary/aromatic N) is 2. The van der Waals surface area contributed by atoms with Gasteiger partial charge in [-0.25, -0.2) is 0 Å². The molecule has 1 saturated heterocycles. The van der Waals surface area contributed by atoms with Crippen molar-refractivity contribution in [1.29, 1.82) is 0 Å². The third-order valence-corrected chi connectivity index (χ3v) is 7.94. The van der Waals surface area contributed by atoms with E-state index in [1.165, 1.54) is 51.0 Å². The van der Waals surface area contributed by atoms with E-state index in [4.69, 9.17) is 16.3 Å². The van der Waals surface area contributed by atoms with E-state index in [9.17, 15) is 0 Å². The van der Waals surface area contributed by atoms with Gasteiger partial charge in [-0.1, -0.05) is 41.6 Å². The van der Waals surface area contributed by atoms with Crippen molar-refractivity contribution in [2.24, 2.45) is 0 Å². The van der Waals surface area contributed by atoms with Gasteiger partial charge < -0.3 is 9.30 Å². The van der Waals surface area contributed by atoms with Gasteiger partial charge in [0.1, 0.15) is 12.4 Å². The Labute approximate surface area is 179 Å². The van der Waals surface area contributed by atoms with Crippen LogP contribution in [0.25, 0.3) is 10.9 Å². The Morgan fingerprint density at radius 3 is 2.75 bits per heavy atom. The third kappa shape index (κ3) is 3.43. The number of aromatic nitrogens is 1. The van der Waals surface area contributed by atoms with E-state index < -0.39 is 0 Å². The van der Waals surface area contributed by atoms with Crippen molar-refractivity contribution in [1.82, 2.24) is 9.47 Å². The molecule has 0 radical (unpaired) electrons. The van der Waals surface area contributed by atoms with E-state index in [1.807, 2.05) is 17.8 Å². The van der Waals surface area contributed by atoms with Crippen LogP contribution in [-0.4, -0.2) is 47.2 Å². The van der Waals surface area contributed by atoms with Crippen molar-refractivity contribution in [2.45, 2.75) is 22.8 Å². The average Bonchev–Trinajstić information content (AvgIpc) is 2.99. The summed E-state index contributed by atoms with van der Waals surface area (Å²) < 4.78 is 8.71. The summed E-state index contributed by atoms with van der Waals surface area (Å²) >= 11 is 10.3.